The number of rotatable bonds is 21. The van der Waals surface area contributed by atoms with Crippen molar-refractivity contribution in [1.82, 2.24) is 19.3 Å². The van der Waals surface area contributed by atoms with E-state index in [1.54, 1.807) is 12.1 Å². The largest absolute Gasteiger partial charge is 0.508 e. The van der Waals surface area contributed by atoms with Crippen molar-refractivity contribution in [2.24, 2.45) is 5.73 Å². The first-order valence-corrected chi connectivity index (χ1v) is 17.9. The summed E-state index contributed by atoms with van der Waals surface area (Å²) in [6.07, 6.45) is 20.5. The summed E-state index contributed by atoms with van der Waals surface area (Å²) in [6, 6.07) is 5.09. The number of carbonyl (C=O) groups is 2. The average molecular weight is 693 g/mol. The number of hydrogen-bond acceptors (Lipinski definition) is 11. The molecule has 1 aliphatic heterocycles. The van der Waals surface area contributed by atoms with Crippen LogP contribution in [0.25, 0.3) is 11.2 Å². The Morgan fingerprint density at radius 2 is 1.68 bits per heavy atom. The molecule has 4 rings (SSSR count). The van der Waals surface area contributed by atoms with Crippen molar-refractivity contribution in [3.8, 4) is 5.75 Å². The second-order valence-corrected chi connectivity index (χ2v) is 12.8. The molecule has 3 heterocycles. The second kappa shape index (κ2) is 19.8. The zero-order chi connectivity index (χ0) is 35.9. The van der Waals surface area contributed by atoms with Crippen LogP contribution in [-0.4, -0.2) is 60.0 Å². The van der Waals surface area contributed by atoms with Crippen LogP contribution in [0.3, 0.4) is 0 Å². The van der Waals surface area contributed by atoms with Crippen LogP contribution >= 0.6 is 0 Å². The van der Waals surface area contributed by atoms with Crippen molar-refractivity contribution >= 4 is 28.9 Å². The first kappa shape index (κ1) is 38.5. The number of fused-ring (bicyclic) bond motifs is 1. The molecule has 6 N–H and O–H groups in total. The van der Waals surface area contributed by atoms with Crippen LogP contribution in [-0.2, 0) is 16.0 Å². The third-order valence-electron chi connectivity index (χ3n) is 8.76. The van der Waals surface area contributed by atoms with Gasteiger partial charge >= 0.3 is 11.5 Å². The van der Waals surface area contributed by atoms with Gasteiger partial charge < -0.3 is 31.3 Å². The molecular weight excluding hydrogens is 640 g/mol. The zero-order valence-corrected chi connectivity index (χ0v) is 29.0. The minimum absolute atomic E-state index is 0.0316. The van der Waals surface area contributed by atoms with E-state index in [9.17, 15) is 24.6 Å². The summed E-state index contributed by atoms with van der Waals surface area (Å²) in [7, 11) is 0. The molecule has 0 aliphatic carbocycles. The van der Waals surface area contributed by atoms with E-state index >= 15 is 0 Å². The molecule has 2 aromatic heterocycles. The Bertz CT molecular complexity index is 1660. The lowest BCUT2D eigenvalue weighted by Crippen LogP contribution is -2.40. The Labute approximate surface area is 292 Å². The van der Waals surface area contributed by atoms with Gasteiger partial charge in [-0.05, 0) is 75.5 Å². The van der Waals surface area contributed by atoms with Crippen molar-refractivity contribution in [1.29, 1.82) is 0 Å². The average Bonchev–Trinajstić information content (AvgIpc) is 3.75. The number of aliphatic hydroxyl groups is 1. The van der Waals surface area contributed by atoms with E-state index in [0.29, 0.717) is 24.8 Å². The Kier molecular flexibility index (Phi) is 15.2. The van der Waals surface area contributed by atoms with Gasteiger partial charge in [0.25, 0.3) is 0 Å². The van der Waals surface area contributed by atoms with E-state index < -0.39 is 35.9 Å². The van der Waals surface area contributed by atoms with Crippen LogP contribution in [0.15, 0.2) is 53.4 Å². The van der Waals surface area contributed by atoms with Gasteiger partial charge in [0.15, 0.2) is 22.8 Å². The molecule has 1 fully saturated rings. The Morgan fingerprint density at radius 3 is 2.36 bits per heavy atom. The number of benzene rings is 1. The van der Waals surface area contributed by atoms with Gasteiger partial charge in [-0.15, -0.1) is 4.73 Å². The van der Waals surface area contributed by atoms with Gasteiger partial charge in [-0.2, -0.15) is 4.98 Å². The standard InChI is InChI=1S/C37H52N6O7/c1-2-3-4-5-6-7-8-9-10-11-12-13-14-15-16-17-30(46)33-40-32-34(47)41-37(39)43(35(32)42(33)31-23-22-28(25-44)49-31)50-36(48)29(38)24-26-18-20-27(45)21-19-26/h6-7,9-10,18-21,28-29,31,44-45H,2-5,8,11-17,22-25,38H2,1H3,(H2,39,41,47)/b7-6-,10-9-/t28-,29?,31+/m0/s1. The van der Waals surface area contributed by atoms with Crippen molar-refractivity contribution in [2.45, 2.75) is 122 Å². The molecule has 50 heavy (non-hydrogen) atoms. The highest BCUT2D eigenvalue weighted by Gasteiger charge is 2.34. The molecular formula is C37H52N6O7. The number of imidazole rings is 1. The number of aliphatic hydroxyl groups excluding tert-OH is 1. The maximum Gasteiger partial charge on any atom is 0.349 e. The highest BCUT2D eigenvalue weighted by Crippen LogP contribution is 2.33. The SMILES string of the molecule is CCCCC/C=C\C/C=C\CCCCCCCC(=O)c1nc2c(=O)nc(N)n(OC(=O)C(N)Cc3ccc(O)cc3)c2n1[C@H]1CC[C@@H](CO)O1. The molecule has 0 radical (unpaired) electrons. The number of Topliss-reactive ketones (excluding diaryl/α,β-unsaturated/α-hetero) is 1. The molecule has 1 aliphatic rings. The molecule has 1 saturated heterocycles. The maximum absolute atomic E-state index is 13.6. The van der Waals surface area contributed by atoms with Crippen molar-refractivity contribution in [2.75, 3.05) is 12.3 Å². The number of phenolic OH excluding ortho intramolecular Hbond substituents is 1. The summed E-state index contributed by atoms with van der Waals surface area (Å²) < 4.78 is 8.31. The molecule has 272 valence electrons. The molecule has 0 amide bonds. The Morgan fingerprint density at radius 1 is 1.00 bits per heavy atom. The number of aromatic hydroxyl groups is 1. The molecule has 0 saturated carbocycles. The lowest BCUT2D eigenvalue weighted by molar-refractivity contribution is -0.145. The van der Waals surface area contributed by atoms with Gasteiger partial charge in [0.1, 0.15) is 18.0 Å². The van der Waals surface area contributed by atoms with Crippen LogP contribution in [0.2, 0.25) is 0 Å². The molecule has 13 nitrogen and oxygen atoms in total. The molecule has 13 heteroatoms. The summed E-state index contributed by atoms with van der Waals surface area (Å²) in [5, 5.41) is 19.3. The minimum Gasteiger partial charge on any atom is -0.508 e. The quantitative estimate of drug-likeness (QED) is 0.0660. The van der Waals surface area contributed by atoms with E-state index in [1.807, 2.05) is 0 Å². The van der Waals surface area contributed by atoms with E-state index in [2.05, 4.69) is 41.2 Å². The topological polar surface area (TPSA) is 198 Å². The summed E-state index contributed by atoms with van der Waals surface area (Å²) in [4.78, 5) is 53.6. The van der Waals surface area contributed by atoms with E-state index in [4.69, 9.17) is 21.0 Å². The van der Waals surface area contributed by atoms with Crippen molar-refractivity contribution in [3.05, 3.63) is 70.3 Å². The molecule has 0 bridgehead atoms. The number of phenols is 1. The van der Waals surface area contributed by atoms with E-state index in [1.165, 1.54) is 36.0 Å². The number of anilines is 1. The van der Waals surface area contributed by atoms with Crippen LogP contribution in [0, 0.1) is 0 Å². The first-order valence-electron chi connectivity index (χ1n) is 17.9. The van der Waals surface area contributed by atoms with Crippen LogP contribution in [0.1, 0.15) is 119 Å². The van der Waals surface area contributed by atoms with Crippen LogP contribution < -0.4 is 21.9 Å². The number of hydrogen-bond donors (Lipinski definition) is 4. The lowest BCUT2D eigenvalue weighted by atomic mass is 10.1. The number of carbonyl (C=O) groups excluding carboxylic acids is 2. The molecule has 0 spiro atoms. The molecule has 3 aromatic rings. The smallest absolute Gasteiger partial charge is 0.349 e. The van der Waals surface area contributed by atoms with E-state index in [-0.39, 0.29) is 48.0 Å². The molecule has 1 unspecified atom stereocenters. The fourth-order valence-electron chi connectivity index (χ4n) is 5.98. The zero-order valence-electron chi connectivity index (χ0n) is 29.0. The third kappa shape index (κ3) is 10.8. The number of aromatic nitrogens is 4. The van der Waals surface area contributed by atoms with E-state index in [0.717, 1.165) is 49.7 Å². The summed E-state index contributed by atoms with van der Waals surface area (Å²) in [6.45, 7) is 1.99. The number of allylic oxidation sites excluding steroid dienone is 4. The molecule has 3 atom stereocenters. The highest BCUT2D eigenvalue weighted by molar-refractivity contribution is 5.96. The fourth-order valence-corrected chi connectivity index (χ4v) is 5.98. The number of unbranched alkanes of at least 4 members (excludes halogenated alkanes) is 8. The maximum atomic E-state index is 13.6. The summed E-state index contributed by atoms with van der Waals surface area (Å²) in [5.41, 5.74) is 11.9. The minimum atomic E-state index is -1.13. The van der Waals surface area contributed by atoms with Gasteiger partial charge in [0, 0.05) is 6.42 Å². The Hall–Kier alpha value is -4.33. The monoisotopic (exact) mass is 692 g/mol. The molecule has 1 aromatic carbocycles. The normalized spacial score (nSPS) is 16.9. The van der Waals surface area contributed by atoms with Crippen LogP contribution in [0.4, 0.5) is 5.95 Å². The predicted octanol–water partition coefficient (Wildman–Crippen LogP) is 5.07. The van der Waals surface area contributed by atoms with Gasteiger partial charge in [0.05, 0.1) is 12.7 Å². The Balaban J connectivity index is 1.41. The van der Waals surface area contributed by atoms with Crippen molar-refractivity contribution < 1.29 is 29.4 Å². The first-order chi connectivity index (χ1) is 24.2. The van der Waals surface area contributed by atoms with Crippen molar-refractivity contribution in [3.63, 3.8) is 0 Å². The van der Waals surface area contributed by atoms with Gasteiger partial charge in [-0.25, -0.2) is 9.78 Å². The lowest BCUT2D eigenvalue weighted by Gasteiger charge is -2.20. The summed E-state index contributed by atoms with van der Waals surface area (Å²) >= 11 is 0. The second-order valence-electron chi connectivity index (χ2n) is 12.8. The highest BCUT2D eigenvalue weighted by atomic mass is 16.7. The fraction of sp³-hybridized carbons (Fsp3) is 0.541. The number of nitrogens with zero attached hydrogens (tertiary/aromatic N) is 4. The van der Waals surface area contributed by atoms with Gasteiger partial charge in [-0.1, -0.05) is 75.5 Å². The number of ketones is 1. The van der Waals surface area contributed by atoms with Crippen LogP contribution in [0.5, 0.6) is 5.75 Å². The number of ether oxygens (including phenoxy) is 1. The van der Waals surface area contributed by atoms with Gasteiger partial charge in [0.2, 0.25) is 5.95 Å². The number of nitrogen functional groups attached to an aromatic ring is 1. The predicted molar refractivity (Wildman–Crippen MR) is 191 cm³/mol. The summed E-state index contributed by atoms with van der Waals surface area (Å²) in [5.74, 6) is -1.56. The third-order valence-corrected chi connectivity index (χ3v) is 8.76. The number of nitrogens with two attached hydrogens (primary N) is 2. The van der Waals surface area contributed by atoms with Gasteiger partial charge in [-0.3, -0.25) is 14.2 Å².